The molecule has 21 heavy (non-hydrogen) atoms. The van der Waals surface area contributed by atoms with Gasteiger partial charge in [-0.1, -0.05) is 40.5 Å². The Bertz CT molecular complexity index is 326. The van der Waals surface area contributed by atoms with E-state index < -0.39 is 0 Å². The van der Waals surface area contributed by atoms with Gasteiger partial charge in [0.1, 0.15) is 0 Å². The number of nitrogens with one attached hydrogen (secondary N) is 1. The molecule has 1 heterocycles. The van der Waals surface area contributed by atoms with E-state index in [9.17, 15) is 0 Å². The Labute approximate surface area is 133 Å². The van der Waals surface area contributed by atoms with E-state index in [1.807, 2.05) is 0 Å². The Hall–Kier alpha value is -0.0800. The van der Waals surface area contributed by atoms with E-state index in [1.165, 1.54) is 45.2 Å². The highest BCUT2D eigenvalue weighted by Crippen LogP contribution is 2.44. The minimum atomic E-state index is 0.267. The first-order valence-corrected chi connectivity index (χ1v) is 9.22. The Morgan fingerprint density at radius 3 is 2.24 bits per heavy atom. The van der Waals surface area contributed by atoms with Gasteiger partial charge in [-0.05, 0) is 50.4 Å². The minimum Gasteiger partial charge on any atom is -0.309 e. The standard InChI is InChI=1S/C19H38N2/c1-15(2)11-19(9-7-8-10-19)14-21-13-18(5,6)20-12-17(21)16(3)4/h15-17,20H,7-14H2,1-6H3. The molecule has 0 spiro atoms. The van der Waals surface area contributed by atoms with Gasteiger partial charge in [0.15, 0.2) is 0 Å². The van der Waals surface area contributed by atoms with Crippen molar-refractivity contribution in [2.45, 2.75) is 85.2 Å². The molecule has 0 aromatic rings. The van der Waals surface area contributed by atoms with Gasteiger partial charge in [0.25, 0.3) is 0 Å². The number of rotatable bonds is 5. The van der Waals surface area contributed by atoms with E-state index in [-0.39, 0.29) is 5.54 Å². The van der Waals surface area contributed by atoms with Crippen molar-refractivity contribution in [3.8, 4) is 0 Å². The maximum absolute atomic E-state index is 3.76. The Balaban J connectivity index is 2.11. The average Bonchev–Trinajstić information content (AvgIpc) is 2.74. The third-order valence-electron chi connectivity index (χ3n) is 5.67. The van der Waals surface area contributed by atoms with Crippen molar-refractivity contribution < 1.29 is 0 Å². The highest BCUT2D eigenvalue weighted by Gasteiger charge is 2.41. The molecule has 1 N–H and O–H groups in total. The van der Waals surface area contributed by atoms with Crippen LogP contribution >= 0.6 is 0 Å². The van der Waals surface area contributed by atoms with Crippen LogP contribution in [0.15, 0.2) is 0 Å². The predicted molar refractivity (Wildman–Crippen MR) is 92.6 cm³/mol. The van der Waals surface area contributed by atoms with Gasteiger partial charge in [0.05, 0.1) is 0 Å². The summed E-state index contributed by atoms with van der Waals surface area (Å²) in [5, 5.41) is 3.76. The second-order valence-corrected chi connectivity index (χ2v) is 9.29. The fourth-order valence-corrected chi connectivity index (χ4v) is 4.87. The molecule has 2 aliphatic rings. The van der Waals surface area contributed by atoms with E-state index in [0.29, 0.717) is 11.5 Å². The normalized spacial score (nSPS) is 29.4. The fourth-order valence-electron chi connectivity index (χ4n) is 4.87. The summed E-state index contributed by atoms with van der Waals surface area (Å²) in [5.41, 5.74) is 0.873. The number of piperazine rings is 1. The van der Waals surface area contributed by atoms with Gasteiger partial charge in [-0.25, -0.2) is 0 Å². The van der Waals surface area contributed by atoms with Gasteiger partial charge in [0.2, 0.25) is 0 Å². The molecule has 0 bridgehead atoms. The van der Waals surface area contributed by atoms with Crippen LogP contribution in [0.5, 0.6) is 0 Å². The smallest absolute Gasteiger partial charge is 0.0252 e. The van der Waals surface area contributed by atoms with Crippen LogP contribution < -0.4 is 5.32 Å². The van der Waals surface area contributed by atoms with Crippen LogP contribution in [-0.2, 0) is 0 Å². The van der Waals surface area contributed by atoms with Crippen LogP contribution in [0.4, 0.5) is 0 Å². The van der Waals surface area contributed by atoms with Gasteiger partial charge in [-0.3, -0.25) is 4.90 Å². The lowest BCUT2D eigenvalue weighted by atomic mass is 9.77. The lowest BCUT2D eigenvalue weighted by molar-refractivity contribution is 0.0229. The summed E-state index contributed by atoms with van der Waals surface area (Å²) >= 11 is 0. The molecule has 0 aromatic heterocycles. The Morgan fingerprint density at radius 1 is 1.10 bits per heavy atom. The number of nitrogens with zero attached hydrogens (tertiary/aromatic N) is 1. The molecule has 1 saturated heterocycles. The summed E-state index contributed by atoms with van der Waals surface area (Å²) in [5.74, 6) is 1.57. The van der Waals surface area contributed by atoms with Crippen molar-refractivity contribution in [3.63, 3.8) is 0 Å². The quantitative estimate of drug-likeness (QED) is 0.813. The van der Waals surface area contributed by atoms with E-state index in [0.717, 1.165) is 18.4 Å². The Morgan fingerprint density at radius 2 is 1.71 bits per heavy atom. The van der Waals surface area contributed by atoms with E-state index in [4.69, 9.17) is 0 Å². The summed E-state index contributed by atoms with van der Waals surface area (Å²) in [6.45, 7) is 18.0. The molecule has 2 fully saturated rings. The van der Waals surface area contributed by atoms with Crippen LogP contribution in [0.2, 0.25) is 0 Å². The summed E-state index contributed by atoms with van der Waals surface area (Å²) in [4.78, 5) is 2.84. The molecule has 2 rings (SSSR count). The van der Waals surface area contributed by atoms with Crippen LogP contribution in [0.3, 0.4) is 0 Å². The van der Waals surface area contributed by atoms with E-state index in [1.54, 1.807) is 0 Å². The van der Waals surface area contributed by atoms with Crippen molar-refractivity contribution in [1.82, 2.24) is 10.2 Å². The fraction of sp³-hybridized carbons (Fsp3) is 1.00. The van der Waals surface area contributed by atoms with E-state index in [2.05, 4.69) is 51.8 Å². The van der Waals surface area contributed by atoms with Gasteiger partial charge < -0.3 is 5.32 Å². The maximum Gasteiger partial charge on any atom is 0.0252 e. The van der Waals surface area contributed by atoms with Crippen LogP contribution in [0.1, 0.15) is 73.6 Å². The van der Waals surface area contributed by atoms with Crippen molar-refractivity contribution in [2.75, 3.05) is 19.6 Å². The highest BCUT2D eigenvalue weighted by molar-refractivity contribution is 4.97. The molecule has 1 aliphatic carbocycles. The van der Waals surface area contributed by atoms with Crippen molar-refractivity contribution in [2.24, 2.45) is 17.3 Å². The zero-order chi connectivity index (χ0) is 15.7. The molecule has 1 atom stereocenters. The molecule has 2 heteroatoms. The SMILES string of the molecule is CC(C)CC1(CN2CC(C)(C)NCC2C(C)C)CCCC1. The third kappa shape index (κ3) is 4.45. The minimum absolute atomic E-state index is 0.267. The van der Waals surface area contributed by atoms with Gasteiger partial charge in [-0.15, -0.1) is 0 Å². The molecule has 124 valence electrons. The number of hydrogen-bond acceptors (Lipinski definition) is 2. The van der Waals surface area contributed by atoms with Crippen LogP contribution in [0.25, 0.3) is 0 Å². The highest BCUT2D eigenvalue weighted by atomic mass is 15.3. The second kappa shape index (κ2) is 6.58. The monoisotopic (exact) mass is 294 g/mol. The molecular weight excluding hydrogens is 256 g/mol. The topological polar surface area (TPSA) is 15.3 Å². The predicted octanol–water partition coefficient (Wildman–Crippen LogP) is 4.30. The van der Waals surface area contributed by atoms with Crippen molar-refractivity contribution in [1.29, 1.82) is 0 Å². The van der Waals surface area contributed by atoms with Crippen LogP contribution in [-0.4, -0.2) is 36.1 Å². The molecule has 0 radical (unpaired) electrons. The molecule has 1 unspecified atom stereocenters. The lowest BCUT2D eigenvalue weighted by Gasteiger charge is -2.49. The second-order valence-electron chi connectivity index (χ2n) is 9.29. The molecule has 0 amide bonds. The first kappa shape index (κ1) is 17.3. The van der Waals surface area contributed by atoms with Crippen molar-refractivity contribution >= 4 is 0 Å². The summed E-state index contributed by atoms with van der Waals surface area (Å²) < 4.78 is 0. The third-order valence-corrected chi connectivity index (χ3v) is 5.67. The van der Waals surface area contributed by atoms with Gasteiger partial charge in [0, 0.05) is 31.2 Å². The summed E-state index contributed by atoms with van der Waals surface area (Å²) in [7, 11) is 0. The average molecular weight is 295 g/mol. The summed E-state index contributed by atoms with van der Waals surface area (Å²) in [6.07, 6.45) is 7.24. The van der Waals surface area contributed by atoms with Crippen LogP contribution in [0, 0.1) is 17.3 Å². The maximum atomic E-state index is 3.76. The molecule has 0 aromatic carbocycles. The summed E-state index contributed by atoms with van der Waals surface area (Å²) in [6, 6.07) is 0.711. The first-order chi connectivity index (χ1) is 9.73. The molecule has 1 saturated carbocycles. The molecular formula is C19H38N2. The lowest BCUT2D eigenvalue weighted by Crippen LogP contribution is -2.64. The van der Waals surface area contributed by atoms with Gasteiger partial charge >= 0.3 is 0 Å². The first-order valence-electron chi connectivity index (χ1n) is 9.22. The molecule has 2 nitrogen and oxygen atoms in total. The van der Waals surface area contributed by atoms with E-state index >= 15 is 0 Å². The zero-order valence-corrected chi connectivity index (χ0v) is 15.3. The largest absolute Gasteiger partial charge is 0.309 e. The number of hydrogen-bond donors (Lipinski definition) is 1. The van der Waals surface area contributed by atoms with Gasteiger partial charge in [-0.2, -0.15) is 0 Å². The Kier molecular flexibility index (Phi) is 5.41. The molecule has 1 aliphatic heterocycles. The zero-order valence-electron chi connectivity index (χ0n) is 15.3. The van der Waals surface area contributed by atoms with Crippen molar-refractivity contribution in [3.05, 3.63) is 0 Å².